The smallest absolute Gasteiger partial charge is 0.150 e. The molecule has 0 radical (unpaired) electrons. The van der Waals surface area contributed by atoms with Crippen molar-refractivity contribution in [1.29, 1.82) is 0 Å². The molecule has 0 saturated heterocycles. The monoisotopic (exact) mass is 223 g/mol. The van der Waals surface area contributed by atoms with E-state index in [-0.39, 0.29) is 11.8 Å². The molecule has 0 saturated carbocycles. The maximum Gasteiger partial charge on any atom is 0.150 e. The Balaban J connectivity index is 2.25. The van der Waals surface area contributed by atoms with E-state index in [9.17, 15) is 4.79 Å². The van der Waals surface area contributed by atoms with Gasteiger partial charge in [0, 0.05) is 17.9 Å². The molecule has 82 valence electrons. The van der Waals surface area contributed by atoms with Crippen LogP contribution in [0.1, 0.15) is 18.9 Å². The van der Waals surface area contributed by atoms with Gasteiger partial charge in [0.1, 0.15) is 5.78 Å². The predicted octanol–water partition coefficient (Wildman–Crippen LogP) is 2.23. The van der Waals surface area contributed by atoms with E-state index >= 15 is 0 Å². The summed E-state index contributed by atoms with van der Waals surface area (Å²) < 4.78 is 0. The zero-order valence-corrected chi connectivity index (χ0v) is 9.80. The lowest BCUT2D eigenvalue weighted by Gasteiger charge is -2.08. The molecule has 0 aliphatic heterocycles. The average molecular weight is 223 g/mol. The summed E-state index contributed by atoms with van der Waals surface area (Å²) in [5, 5.41) is 0. The Hall–Kier alpha value is -0.800. The fourth-order valence-electron chi connectivity index (χ4n) is 1.23. The zero-order valence-electron chi connectivity index (χ0n) is 8.98. The van der Waals surface area contributed by atoms with Crippen molar-refractivity contribution < 1.29 is 4.79 Å². The largest absolute Gasteiger partial charge is 0.321 e. The van der Waals surface area contributed by atoms with E-state index in [0.29, 0.717) is 12.2 Å². The van der Waals surface area contributed by atoms with Crippen molar-refractivity contribution in [1.82, 2.24) is 0 Å². The lowest BCUT2D eigenvalue weighted by Crippen LogP contribution is -2.32. The number of benzene rings is 1. The highest BCUT2D eigenvalue weighted by Crippen LogP contribution is 2.12. The van der Waals surface area contributed by atoms with Crippen molar-refractivity contribution in [2.24, 2.45) is 5.73 Å². The molecule has 15 heavy (non-hydrogen) atoms. The van der Waals surface area contributed by atoms with Crippen molar-refractivity contribution in [3.63, 3.8) is 0 Å². The van der Waals surface area contributed by atoms with Gasteiger partial charge in [0.2, 0.25) is 0 Å². The van der Waals surface area contributed by atoms with Crippen molar-refractivity contribution in [3.8, 4) is 0 Å². The average Bonchev–Trinajstić information content (AvgIpc) is 2.29. The highest BCUT2D eigenvalue weighted by molar-refractivity contribution is 7.98. The summed E-state index contributed by atoms with van der Waals surface area (Å²) in [5.74, 6) is 1.78. The summed E-state index contributed by atoms with van der Waals surface area (Å²) in [5.41, 5.74) is 7.00. The number of hydrogen-bond donors (Lipinski definition) is 1. The lowest BCUT2D eigenvalue weighted by atomic mass is 10.2. The number of thioether (sulfide) groups is 1. The number of Topliss-reactive ketones (excluding diaryl/α,β-unsaturated/α-hetero) is 1. The second-order valence-electron chi connectivity index (χ2n) is 3.43. The number of rotatable bonds is 6. The number of carbonyl (C=O) groups is 1. The van der Waals surface area contributed by atoms with Crippen LogP contribution in [-0.2, 0) is 10.5 Å². The molecule has 1 rings (SSSR count). The van der Waals surface area contributed by atoms with Crippen molar-refractivity contribution in [3.05, 3.63) is 35.9 Å². The minimum absolute atomic E-state index is 0.149. The Morgan fingerprint density at radius 1 is 1.40 bits per heavy atom. The van der Waals surface area contributed by atoms with Gasteiger partial charge in [-0.3, -0.25) is 4.79 Å². The summed E-state index contributed by atoms with van der Waals surface area (Å²) >= 11 is 1.71. The molecule has 1 atom stereocenters. The van der Waals surface area contributed by atoms with Gasteiger partial charge in [-0.2, -0.15) is 11.8 Å². The number of ketones is 1. The molecular formula is C12H17NOS. The van der Waals surface area contributed by atoms with Crippen LogP contribution in [0.5, 0.6) is 0 Å². The van der Waals surface area contributed by atoms with Crippen LogP contribution in [-0.4, -0.2) is 17.6 Å². The van der Waals surface area contributed by atoms with E-state index in [4.69, 9.17) is 5.73 Å². The van der Waals surface area contributed by atoms with Crippen LogP contribution in [0.4, 0.5) is 0 Å². The van der Waals surface area contributed by atoms with Gasteiger partial charge in [0.25, 0.3) is 0 Å². The van der Waals surface area contributed by atoms with Gasteiger partial charge in [-0.1, -0.05) is 37.3 Å². The SMILES string of the molecule is CCC(=O)C(N)CSCc1ccccc1. The molecule has 2 nitrogen and oxygen atoms in total. The number of hydrogen-bond acceptors (Lipinski definition) is 3. The third-order valence-electron chi connectivity index (χ3n) is 2.17. The Morgan fingerprint density at radius 2 is 2.07 bits per heavy atom. The molecule has 3 heteroatoms. The summed E-state index contributed by atoms with van der Waals surface area (Å²) in [6.07, 6.45) is 0.535. The molecule has 2 N–H and O–H groups in total. The van der Waals surface area contributed by atoms with Gasteiger partial charge in [0.15, 0.2) is 0 Å². The third kappa shape index (κ3) is 4.49. The van der Waals surface area contributed by atoms with E-state index in [0.717, 1.165) is 5.75 Å². The van der Waals surface area contributed by atoms with Gasteiger partial charge in [-0.05, 0) is 5.56 Å². The van der Waals surface area contributed by atoms with Crippen molar-refractivity contribution in [2.75, 3.05) is 5.75 Å². The van der Waals surface area contributed by atoms with E-state index in [1.54, 1.807) is 11.8 Å². The maximum absolute atomic E-state index is 11.2. The molecule has 0 spiro atoms. The highest BCUT2D eigenvalue weighted by Gasteiger charge is 2.10. The first kappa shape index (κ1) is 12.3. The topological polar surface area (TPSA) is 43.1 Å². The first-order chi connectivity index (χ1) is 7.24. The lowest BCUT2D eigenvalue weighted by molar-refractivity contribution is -0.119. The van der Waals surface area contributed by atoms with Crippen LogP contribution in [0.2, 0.25) is 0 Å². The van der Waals surface area contributed by atoms with Crippen LogP contribution < -0.4 is 5.73 Å². The van der Waals surface area contributed by atoms with Crippen molar-refractivity contribution >= 4 is 17.5 Å². The van der Waals surface area contributed by atoms with Crippen LogP contribution in [0.3, 0.4) is 0 Å². The Labute approximate surface area is 95.2 Å². The molecule has 0 bridgehead atoms. The van der Waals surface area contributed by atoms with Crippen LogP contribution in [0.25, 0.3) is 0 Å². The van der Waals surface area contributed by atoms with E-state index < -0.39 is 0 Å². The van der Waals surface area contributed by atoms with Gasteiger partial charge < -0.3 is 5.73 Å². The fraction of sp³-hybridized carbons (Fsp3) is 0.417. The Kier molecular flexibility index (Phi) is 5.43. The Morgan fingerprint density at radius 3 is 2.67 bits per heavy atom. The van der Waals surface area contributed by atoms with Gasteiger partial charge in [-0.25, -0.2) is 0 Å². The fourth-order valence-corrected chi connectivity index (χ4v) is 2.22. The molecule has 1 aromatic carbocycles. The molecule has 1 aromatic rings. The van der Waals surface area contributed by atoms with E-state index in [1.807, 2.05) is 25.1 Å². The standard InChI is InChI=1S/C12H17NOS/c1-2-12(14)11(13)9-15-8-10-6-4-3-5-7-10/h3-7,11H,2,8-9,13H2,1H3. The molecule has 0 heterocycles. The zero-order chi connectivity index (χ0) is 11.1. The summed E-state index contributed by atoms with van der Waals surface area (Å²) in [6.45, 7) is 1.85. The molecule has 0 aromatic heterocycles. The minimum Gasteiger partial charge on any atom is -0.321 e. The molecule has 1 unspecified atom stereocenters. The van der Waals surface area contributed by atoms with Crippen LogP contribution in [0, 0.1) is 0 Å². The molecule has 0 amide bonds. The van der Waals surface area contributed by atoms with Crippen LogP contribution >= 0.6 is 11.8 Å². The summed E-state index contributed by atoms with van der Waals surface area (Å²) in [4.78, 5) is 11.2. The van der Waals surface area contributed by atoms with Crippen LogP contribution in [0.15, 0.2) is 30.3 Å². The maximum atomic E-state index is 11.2. The second-order valence-corrected chi connectivity index (χ2v) is 4.46. The highest BCUT2D eigenvalue weighted by atomic mass is 32.2. The van der Waals surface area contributed by atoms with E-state index in [2.05, 4.69) is 12.1 Å². The summed E-state index contributed by atoms with van der Waals surface area (Å²) in [7, 11) is 0. The molecular weight excluding hydrogens is 206 g/mol. The minimum atomic E-state index is -0.302. The molecule has 0 fully saturated rings. The van der Waals surface area contributed by atoms with Gasteiger partial charge in [0.05, 0.1) is 6.04 Å². The van der Waals surface area contributed by atoms with Gasteiger partial charge in [-0.15, -0.1) is 0 Å². The quantitative estimate of drug-likeness (QED) is 0.804. The first-order valence-electron chi connectivity index (χ1n) is 5.14. The normalized spacial score (nSPS) is 12.4. The molecule has 0 aliphatic rings. The second kappa shape index (κ2) is 6.64. The Bertz CT molecular complexity index is 300. The van der Waals surface area contributed by atoms with Gasteiger partial charge >= 0.3 is 0 Å². The number of nitrogens with two attached hydrogens (primary N) is 1. The predicted molar refractivity (Wildman–Crippen MR) is 65.9 cm³/mol. The van der Waals surface area contributed by atoms with E-state index in [1.165, 1.54) is 5.56 Å². The van der Waals surface area contributed by atoms with Crippen molar-refractivity contribution in [2.45, 2.75) is 25.1 Å². The summed E-state index contributed by atoms with van der Waals surface area (Å²) in [6, 6.07) is 9.91. The first-order valence-corrected chi connectivity index (χ1v) is 6.29. The number of carbonyl (C=O) groups excluding carboxylic acids is 1. The molecule has 0 aliphatic carbocycles. The third-order valence-corrected chi connectivity index (χ3v) is 3.30.